The maximum absolute atomic E-state index is 15.2. The number of ether oxygens (including phenoxy) is 3. The number of carbonyl (C=O) groups is 2. The monoisotopic (exact) mass is 765 g/mol. The molecule has 0 saturated heterocycles. The van der Waals surface area contributed by atoms with Crippen LogP contribution < -0.4 is 15.2 Å². The molecule has 4 aromatic carbocycles. The van der Waals surface area contributed by atoms with Gasteiger partial charge in [0.25, 0.3) is 5.91 Å². The summed E-state index contributed by atoms with van der Waals surface area (Å²) in [6.45, 7) is 0.400. The van der Waals surface area contributed by atoms with E-state index in [0.29, 0.717) is 54.9 Å². The van der Waals surface area contributed by atoms with Crippen LogP contribution in [0.3, 0.4) is 0 Å². The van der Waals surface area contributed by atoms with Crippen LogP contribution in [0.15, 0.2) is 97.8 Å². The molecular weight excluding hydrogens is 727 g/mol. The molecule has 2 N–H and O–H groups in total. The first kappa shape index (κ1) is 41.7. The molecule has 6 aromatic rings. The van der Waals surface area contributed by atoms with Gasteiger partial charge in [-0.1, -0.05) is 74.5 Å². The van der Waals surface area contributed by atoms with Crippen molar-refractivity contribution < 1.29 is 32.6 Å². The van der Waals surface area contributed by atoms with Crippen molar-refractivity contribution in [3.8, 4) is 33.8 Å². The van der Waals surface area contributed by atoms with Crippen molar-refractivity contribution in [2.75, 3.05) is 21.3 Å². The topological polar surface area (TPSA) is 123 Å². The second-order valence-corrected chi connectivity index (χ2v) is 11.8. The van der Waals surface area contributed by atoms with Gasteiger partial charge in [0, 0.05) is 33.6 Å². The van der Waals surface area contributed by atoms with Gasteiger partial charge in [0.2, 0.25) is 0 Å². The van der Waals surface area contributed by atoms with E-state index in [0.717, 1.165) is 0 Å². The van der Waals surface area contributed by atoms with Crippen LogP contribution in [-0.2, 0) is 17.8 Å². The lowest BCUT2D eigenvalue weighted by Gasteiger charge is -2.14. The van der Waals surface area contributed by atoms with E-state index in [1.807, 2.05) is 0 Å². The van der Waals surface area contributed by atoms with E-state index in [9.17, 15) is 9.59 Å². The number of carbonyl (C=O) groups excluding carboxylic acids is 2. The quantitative estimate of drug-likeness (QED) is 0.138. The smallest absolute Gasteiger partial charge is 0.358 e. The van der Waals surface area contributed by atoms with Crippen LogP contribution in [-0.4, -0.2) is 52.3 Å². The molecular formula is C39H39Cl2F2N5O5. The zero-order valence-electron chi connectivity index (χ0n) is 27.6. The highest BCUT2D eigenvalue weighted by atomic mass is 35.5. The number of imidazole rings is 2. The lowest BCUT2D eigenvalue weighted by molar-refractivity contribution is 0.0594. The van der Waals surface area contributed by atoms with Crippen LogP contribution in [0.25, 0.3) is 22.3 Å². The van der Waals surface area contributed by atoms with E-state index < -0.39 is 23.5 Å². The second kappa shape index (κ2) is 18.7. The number of rotatable bonds is 10. The molecule has 0 spiro atoms. The molecule has 14 heteroatoms. The zero-order valence-corrected chi connectivity index (χ0v) is 29.1. The van der Waals surface area contributed by atoms with Crippen LogP contribution in [0.4, 0.5) is 8.78 Å². The molecule has 0 bridgehead atoms. The standard InChI is InChI=1S/C19H16ClFN2O3.C18H15ClFN3O2.2CH4/c1-25-16-7-6-13(9-23-10-15(22-11-23)19(24)26-2)18(21)17(16)12-4-3-5-14(20)8-12;1-25-15-6-5-12(8-23-9-14(18(21)24)22-10-23)17(20)16(15)11-3-2-4-13(19)7-11;;/h3-8,10-11H,9H2,1-2H3;2-7,9-10H,8H2,1H3,(H2,21,24);2*1H4. The number of hydrogen-bond donors (Lipinski definition) is 1. The molecule has 53 heavy (non-hydrogen) atoms. The van der Waals surface area contributed by atoms with E-state index in [4.69, 9.17) is 38.4 Å². The first-order chi connectivity index (χ1) is 24.5. The largest absolute Gasteiger partial charge is 0.496 e. The number of nitrogens with two attached hydrogens (primary N) is 1. The van der Waals surface area contributed by atoms with Crippen molar-refractivity contribution in [1.82, 2.24) is 19.1 Å². The number of amides is 1. The van der Waals surface area contributed by atoms with Crippen molar-refractivity contribution in [3.05, 3.63) is 142 Å². The van der Waals surface area contributed by atoms with Gasteiger partial charge in [0.15, 0.2) is 5.69 Å². The van der Waals surface area contributed by atoms with Crippen LogP contribution >= 0.6 is 23.2 Å². The third-order valence-corrected chi connectivity index (χ3v) is 8.12. The minimum atomic E-state index is -0.631. The van der Waals surface area contributed by atoms with E-state index in [1.165, 1.54) is 46.4 Å². The molecule has 0 aliphatic heterocycles. The molecule has 0 radical (unpaired) electrons. The molecule has 6 rings (SSSR count). The fourth-order valence-corrected chi connectivity index (χ4v) is 5.62. The average Bonchev–Trinajstić information content (AvgIpc) is 3.80. The third kappa shape index (κ3) is 9.79. The Labute approximate surface area is 316 Å². The maximum atomic E-state index is 15.2. The number of hydrogen-bond acceptors (Lipinski definition) is 7. The van der Waals surface area contributed by atoms with Gasteiger partial charge in [-0.2, -0.15) is 0 Å². The summed E-state index contributed by atoms with van der Waals surface area (Å²) in [5.74, 6) is -1.19. The number of methoxy groups -OCH3 is 3. The number of nitrogens with zero attached hydrogens (tertiary/aromatic N) is 4. The fourth-order valence-electron chi connectivity index (χ4n) is 5.24. The normalized spacial score (nSPS) is 10.2. The van der Waals surface area contributed by atoms with Crippen molar-refractivity contribution in [2.45, 2.75) is 27.9 Å². The minimum Gasteiger partial charge on any atom is -0.496 e. The zero-order chi connectivity index (χ0) is 36.7. The Bertz CT molecular complexity index is 2210. The van der Waals surface area contributed by atoms with Gasteiger partial charge in [0.1, 0.15) is 28.8 Å². The Morgan fingerprint density at radius 1 is 0.698 bits per heavy atom. The first-order valence-corrected chi connectivity index (χ1v) is 15.9. The lowest BCUT2D eigenvalue weighted by Crippen LogP contribution is -2.11. The maximum Gasteiger partial charge on any atom is 0.358 e. The van der Waals surface area contributed by atoms with E-state index >= 15 is 8.78 Å². The van der Waals surface area contributed by atoms with Gasteiger partial charge < -0.3 is 29.1 Å². The summed E-state index contributed by atoms with van der Waals surface area (Å²) < 4.78 is 48.8. The summed E-state index contributed by atoms with van der Waals surface area (Å²) in [5, 5.41) is 1.01. The molecule has 1 amide bonds. The third-order valence-electron chi connectivity index (χ3n) is 7.65. The summed E-state index contributed by atoms with van der Waals surface area (Å²) >= 11 is 12.1. The Balaban J connectivity index is 0.000000275. The summed E-state index contributed by atoms with van der Waals surface area (Å²) in [6, 6.07) is 20.5. The van der Waals surface area contributed by atoms with Crippen molar-refractivity contribution in [1.29, 1.82) is 0 Å². The SMILES string of the molecule is C.C.COC(=O)c1cn(Cc2ccc(OC)c(-c3cccc(Cl)c3)c2F)cn1.COc1ccc(Cn2cnc(C(N)=O)c2)c(F)c1-c1cccc(Cl)c1. The van der Waals surface area contributed by atoms with Crippen LogP contribution in [0.2, 0.25) is 10.0 Å². The molecule has 0 aliphatic rings. The van der Waals surface area contributed by atoms with Gasteiger partial charge >= 0.3 is 5.97 Å². The van der Waals surface area contributed by atoms with Gasteiger partial charge in [-0.15, -0.1) is 0 Å². The van der Waals surface area contributed by atoms with E-state index in [-0.39, 0.29) is 39.3 Å². The minimum absolute atomic E-state index is 0. The van der Waals surface area contributed by atoms with Crippen molar-refractivity contribution in [2.24, 2.45) is 5.73 Å². The predicted octanol–water partition coefficient (Wildman–Crippen LogP) is 8.96. The highest BCUT2D eigenvalue weighted by Crippen LogP contribution is 2.37. The highest BCUT2D eigenvalue weighted by Gasteiger charge is 2.19. The number of primary amides is 1. The number of esters is 1. The van der Waals surface area contributed by atoms with E-state index in [2.05, 4.69) is 14.7 Å². The Morgan fingerprint density at radius 3 is 1.51 bits per heavy atom. The Morgan fingerprint density at radius 2 is 1.13 bits per heavy atom. The van der Waals surface area contributed by atoms with Crippen molar-refractivity contribution in [3.63, 3.8) is 0 Å². The highest BCUT2D eigenvalue weighted by molar-refractivity contribution is 6.31. The summed E-state index contributed by atoms with van der Waals surface area (Å²) in [5.41, 5.74) is 8.23. The molecule has 0 aliphatic carbocycles. The summed E-state index contributed by atoms with van der Waals surface area (Å²) in [7, 11) is 4.25. The second-order valence-electron chi connectivity index (χ2n) is 11.0. The first-order valence-electron chi connectivity index (χ1n) is 15.2. The number of benzene rings is 4. The van der Waals surface area contributed by atoms with Crippen LogP contribution in [0.1, 0.15) is 47.0 Å². The molecule has 0 unspecified atom stereocenters. The van der Waals surface area contributed by atoms with Gasteiger partial charge in [-0.3, -0.25) is 4.79 Å². The Hall–Kier alpha value is -5.72. The average molecular weight is 767 g/mol. The molecule has 0 saturated carbocycles. The molecule has 0 fully saturated rings. The summed E-state index contributed by atoms with van der Waals surface area (Å²) in [6.07, 6.45) is 5.87. The van der Waals surface area contributed by atoms with Crippen LogP contribution in [0, 0.1) is 11.6 Å². The number of halogens is 4. The van der Waals surface area contributed by atoms with Gasteiger partial charge in [-0.05, 0) is 47.5 Å². The van der Waals surface area contributed by atoms with Crippen LogP contribution in [0.5, 0.6) is 11.5 Å². The predicted molar refractivity (Wildman–Crippen MR) is 203 cm³/mol. The lowest BCUT2D eigenvalue weighted by atomic mass is 10.0. The van der Waals surface area contributed by atoms with Gasteiger partial charge in [0.05, 0.1) is 58.2 Å². The van der Waals surface area contributed by atoms with E-state index in [1.54, 1.807) is 81.9 Å². The molecule has 2 aromatic heterocycles. The molecule has 10 nitrogen and oxygen atoms in total. The Kier molecular flexibility index (Phi) is 14.7. The van der Waals surface area contributed by atoms with Crippen molar-refractivity contribution >= 4 is 35.1 Å². The molecule has 0 atom stereocenters. The van der Waals surface area contributed by atoms with Gasteiger partial charge in [-0.25, -0.2) is 23.5 Å². The molecule has 278 valence electrons. The molecule has 2 heterocycles. The summed E-state index contributed by atoms with van der Waals surface area (Å²) in [4.78, 5) is 30.5. The number of aromatic nitrogens is 4. The fraction of sp³-hybridized carbons (Fsp3) is 0.179.